The number of aliphatic imine (C=N–C) groups is 1. The molecule has 0 heterocycles. The molecule has 1 fully saturated rings. The van der Waals surface area contributed by atoms with E-state index in [1.165, 1.54) is 0 Å². The minimum Gasteiger partial charge on any atom is -0.386 e. The van der Waals surface area contributed by atoms with Crippen LogP contribution in [-0.2, 0) is 9.84 Å². The van der Waals surface area contributed by atoms with E-state index in [0.29, 0.717) is 16.4 Å². The molecule has 0 amide bonds. The van der Waals surface area contributed by atoms with Crippen LogP contribution in [0.3, 0.4) is 0 Å². The highest BCUT2D eigenvalue weighted by molar-refractivity contribution is 7.92. The Bertz CT molecular complexity index is 533. The van der Waals surface area contributed by atoms with Gasteiger partial charge >= 0.3 is 0 Å². The molecule has 2 N–H and O–H groups in total. The fourth-order valence-electron chi connectivity index (χ4n) is 1.48. The van der Waals surface area contributed by atoms with Crippen LogP contribution in [0.25, 0.3) is 0 Å². The third-order valence-corrected chi connectivity index (χ3v) is 5.09. The van der Waals surface area contributed by atoms with Gasteiger partial charge in [-0.2, -0.15) is 0 Å². The number of hydrogen-bond acceptors (Lipinski definition) is 3. The summed E-state index contributed by atoms with van der Waals surface area (Å²) < 4.78 is 23.8. The fraction of sp³-hybridized carbons (Fsp3) is 0.364. The minimum absolute atomic E-state index is 0.155. The Kier molecular flexibility index (Phi) is 3.40. The second-order valence-corrected chi connectivity index (χ2v) is 6.47. The fourth-order valence-corrected chi connectivity index (χ4v) is 3.19. The summed E-state index contributed by atoms with van der Waals surface area (Å²) in [6.45, 7) is 0. The Labute approximate surface area is 105 Å². The SMILES string of the molecule is NC(CCl)=Nc1ccc(S(=O)(=O)C2CC2)cc1. The number of nitrogens with zero attached hydrogens (tertiary/aromatic N) is 1. The summed E-state index contributed by atoms with van der Waals surface area (Å²) in [4.78, 5) is 4.38. The Balaban J connectivity index is 2.24. The van der Waals surface area contributed by atoms with E-state index in [0.717, 1.165) is 12.8 Å². The number of alkyl halides is 1. The van der Waals surface area contributed by atoms with Crippen molar-refractivity contribution in [2.45, 2.75) is 23.0 Å². The highest BCUT2D eigenvalue weighted by atomic mass is 35.5. The Morgan fingerprint density at radius 2 is 1.94 bits per heavy atom. The average Bonchev–Trinajstić information content (AvgIpc) is 3.13. The van der Waals surface area contributed by atoms with Gasteiger partial charge in [-0.15, -0.1) is 11.6 Å². The molecule has 1 aromatic rings. The van der Waals surface area contributed by atoms with Crippen LogP contribution in [-0.4, -0.2) is 25.4 Å². The van der Waals surface area contributed by atoms with Crippen molar-refractivity contribution in [1.82, 2.24) is 0 Å². The summed E-state index contributed by atoms with van der Waals surface area (Å²) in [5.41, 5.74) is 6.10. The molecule has 0 aliphatic heterocycles. The summed E-state index contributed by atoms with van der Waals surface area (Å²) in [6.07, 6.45) is 1.53. The molecular weight excluding hydrogens is 260 g/mol. The number of rotatable bonds is 4. The molecule has 2 rings (SSSR count). The van der Waals surface area contributed by atoms with Crippen molar-refractivity contribution in [3.05, 3.63) is 24.3 Å². The van der Waals surface area contributed by atoms with Crippen LogP contribution in [0.5, 0.6) is 0 Å². The maximum Gasteiger partial charge on any atom is 0.181 e. The van der Waals surface area contributed by atoms with Gasteiger partial charge in [0.1, 0.15) is 5.84 Å². The van der Waals surface area contributed by atoms with Crippen molar-refractivity contribution in [2.75, 3.05) is 5.88 Å². The van der Waals surface area contributed by atoms with Crippen LogP contribution >= 0.6 is 11.6 Å². The van der Waals surface area contributed by atoms with Crippen molar-refractivity contribution in [1.29, 1.82) is 0 Å². The zero-order valence-electron chi connectivity index (χ0n) is 9.14. The zero-order chi connectivity index (χ0) is 12.5. The molecule has 0 spiro atoms. The monoisotopic (exact) mass is 272 g/mol. The van der Waals surface area contributed by atoms with Gasteiger partial charge in [-0.05, 0) is 37.1 Å². The van der Waals surface area contributed by atoms with Gasteiger partial charge in [0.2, 0.25) is 0 Å². The Morgan fingerprint density at radius 3 is 2.41 bits per heavy atom. The maximum atomic E-state index is 11.9. The van der Waals surface area contributed by atoms with E-state index in [1.54, 1.807) is 24.3 Å². The quantitative estimate of drug-likeness (QED) is 0.516. The summed E-state index contributed by atoms with van der Waals surface area (Å²) in [5, 5.41) is -0.190. The standard InChI is InChI=1S/C11H13ClN2O2S/c12-7-11(13)14-8-1-3-9(4-2-8)17(15,16)10-5-6-10/h1-4,10H,5-7H2,(H2,13,14). The lowest BCUT2D eigenvalue weighted by Gasteiger charge is -2.02. The number of halogens is 1. The van der Waals surface area contributed by atoms with Crippen LogP contribution in [0.2, 0.25) is 0 Å². The number of hydrogen-bond donors (Lipinski definition) is 1. The van der Waals surface area contributed by atoms with Crippen molar-refractivity contribution < 1.29 is 8.42 Å². The van der Waals surface area contributed by atoms with E-state index in [4.69, 9.17) is 17.3 Å². The molecule has 1 saturated carbocycles. The summed E-state index contributed by atoms with van der Waals surface area (Å²) in [7, 11) is -3.12. The highest BCUT2D eigenvalue weighted by Gasteiger charge is 2.36. The molecule has 0 unspecified atom stereocenters. The van der Waals surface area contributed by atoms with Gasteiger partial charge in [-0.25, -0.2) is 13.4 Å². The lowest BCUT2D eigenvalue weighted by atomic mass is 10.3. The Morgan fingerprint density at radius 1 is 1.35 bits per heavy atom. The van der Waals surface area contributed by atoms with Crippen LogP contribution < -0.4 is 5.73 Å². The summed E-state index contributed by atoms with van der Waals surface area (Å²) in [6, 6.07) is 6.39. The van der Waals surface area contributed by atoms with E-state index in [2.05, 4.69) is 4.99 Å². The second-order valence-electron chi connectivity index (χ2n) is 3.98. The molecular formula is C11H13ClN2O2S. The number of nitrogens with two attached hydrogens (primary N) is 1. The van der Waals surface area contributed by atoms with Crippen LogP contribution in [0, 0.1) is 0 Å². The van der Waals surface area contributed by atoms with Gasteiger partial charge in [-0.3, -0.25) is 0 Å². The van der Waals surface area contributed by atoms with Crippen molar-refractivity contribution >= 4 is 33.0 Å². The predicted molar refractivity (Wildman–Crippen MR) is 68.7 cm³/mol. The molecule has 0 radical (unpaired) electrons. The first-order valence-electron chi connectivity index (χ1n) is 5.27. The average molecular weight is 273 g/mol. The van der Waals surface area contributed by atoms with E-state index in [-0.39, 0.29) is 11.1 Å². The molecule has 0 saturated heterocycles. The molecule has 6 heteroatoms. The molecule has 1 aliphatic rings. The zero-order valence-corrected chi connectivity index (χ0v) is 10.7. The first-order chi connectivity index (χ1) is 8.04. The van der Waals surface area contributed by atoms with Gasteiger partial charge in [0.25, 0.3) is 0 Å². The third-order valence-electron chi connectivity index (χ3n) is 2.54. The van der Waals surface area contributed by atoms with Gasteiger partial charge in [0.05, 0.1) is 21.7 Å². The van der Waals surface area contributed by atoms with Crippen molar-refractivity contribution in [3.8, 4) is 0 Å². The Hall–Kier alpha value is -1.07. The van der Waals surface area contributed by atoms with Crippen LogP contribution in [0.15, 0.2) is 34.2 Å². The van der Waals surface area contributed by atoms with E-state index < -0.39 is 9.84 Å². The molecule has 17 heavy (non-hydrogen) atoms. The van der Waals surface area contributed by atoms with Crippen molar-refractivity contribution in [3.63, 3.8) is 0 Å². The molecule has 1 aromatic carbocycles. The minimum atomic E-state index is -3.12. The largest absolute Gasteiger partial charge is 0.386 e. The smallest absolute Gasteiger partial charge is 0.181 e. The lowest BCUT2D eigenvalue weighted by Crippen LogP contribution is -2.12. The molecule has 0 aromatic heterocycles. The second kappa shape index (κ2) is 4.66. The molecule has 92 valence electrons. The van der Waals surface area contributed by atoms with Crippen LogP contribution in [0.1, 0.15) is 12.8 Å². The molecule has 1 aliphatic carbocycles. The summed E-state index contributed by atoms with van der Waals surface area (Å²) in [5.74, 6) is 0.465. The third kappa shape index (κ3) is 2.79. The van der Waals surface area contributed by atoms with E-state index >= 15 is 0 Å². The van der Waals surface area contributed by atoms with Gasteiger partial charge in [0, 0.05) is 0 Å². The van der Waals surface area contributed by atoms with Gasteiger partial charge in [0.15, 0.2) is 9.84 Å². The van der Waals surface area contributed by atoms with Gasteiger partial charge < -0.3 is 5.73 Å². The predicted octanol–water partition coefficient (Wildman–Crippen LogP) is 1.85. The topological polar surface area (TPSA) is 72.5 Å². The van der Waals surface area contributed by atoms with Crippen molar-refractivity contribution in [2.24, 2.45) is 10.7 Å². The van der Waals surface area contributed by atoms with Gasteiger partial charge in [-0.1, -0.05) is 0 Å². The lowest BCUT2D eigenvalue weighted by molar-refractivity contribution is 0.595. The molecule has 0 atom stereocenters. The highest BCUT2D eigenvalue weighted by Crippen LogP contribution is 2.33. The molecule has 0 bridgehead atoms. The normalized spacial score (nSPS) is 17.1. The van der Waals surface area contributed by atoms with Crippen LogP contribution in [0.4, 0.5) is 5.69 Å². The maximum absolute atomic E-state index is 11.9. The van der Waals surface area contributed by atoms with E-state index in [9.17, 15) is 8.42 Å². The number of amidine groups is 1. The first-order valence-corrected chi connectivity index (χ1v) is 7.35. The molecule has 4 nitrogen and oxygen atoms in total. The first kappa shape index (κ1) is 12.4. The van der Waals surface area contributed by atoms with E-state index in [1.807, 2.05) is 0 Å². The summed E-state index contributed by atoms with van der Waals surface area (Å²) >= 11 is 5.50. The number of sulfone groups is 1. The number of benzene rings is 1.